The molecule has 0 saturated heterocycles. The SMILES string of the molecule is COc1ccccc1O[C@@H](C)C(=O)N(Cc1c(F)cccc1Cl)c1ccccn1. The fourth-order valence-corrected chi connectivity index (χ4v) is 3.03. The molecule has 0 radical (unpaired) electrons. The number of hydrogen-bond donors (Lipinski definition) is 0. The van der Waals surface area contributed by atoms with Crippen LogP contribution < -0.4 is 14.4 Å². The molecule has 1 heterocycles. The molecule has 1 amide bonds. The molecule has 0 aliphatic heterocycles. The zero-order valence-electron chi connectivity index (χ0n) is 16.0. The van der Waals surface area contributed by atoms with Gasteiger partial charge in [-0.3, -0.25) is 9.69 Å². The van der Waals surface area contributed by atoms with Crippen LogP contribution in [0.2, 0.25) is 5.02 Å². The average molecular weight is 415 g/mol. The van der Waals surface area contributed by atoms with Crippen molar-refractivity contribution >= 4 is 23.3 Å². The van der Waals surface area contributed by atoms with E-state index in [2.05, 4.69) is 4.98 Å². The van der Waals surface area contributed by atoms with Crippen molar-refractivity contribution in [1.82, 2.24) is 4.98 Å². The summed E-state index contributed by atoms with van der Waals surface area (Å²) in [6.45, 7) is 1.54. The first-order chi connectivity index (χ1) is 14.0. The number of anilines is 1. The van der Waals surface area contributed by atoms with E-state index in [9.17, 15) is 9.18 Å². The standard InChI is InChI=1S/C22H20ClFN2O3/c1-15(29-20-11-4-3-10-19(20)28-2)22(27)26(21-12-5-6-13-25-21)14-16-17(23)8-7-9-18(16)24/h3-13,15H,14H2,1-2H3/t15-/m0/s1. The van der Waals surface area contributed by atoms with Crippen molar-refractivity contribution in [3.05, 3.63) is 83.3 Å². The van der Waals surface area contributed by atoms with Gasteiger partial charge in [0, 0.05) is 16.8 Å². The van der Waals surface area contributed by atoms with Crippen LogP contribution in [0.4, 0.5) is 10.2 Å². The number of amides is 1. The maximum absolute atomic E-state index is 14.3. The molecule has 0 aliphatic rings. The molecule has 1 aromatic heterocycles. The molecule has 5 nitrogen and oxygen atoms in total. The van der Waals surface area contributed by atoms with Crippen LogP contribution in [0.25, 0.3) is 0 Å². The first-order valence-corrected chi connectivity index (χ1v) is 9.34. The Labute approximate surface area is 173 Å². The molecule has 7 heteroatoms. The summed E-state index contributed by atoms with van der Waals surface area (Å²) in [5.74, 6) is 0.417. The molecule has 0 N–H and O–H groups in total. The fraction of sp³-hybridized carbons (Fsp3) is 0.182. The van der Waals surface area contributed by atoms with E-state index in [0.29, 0.717) is 17.3 Å². The summed E-state index contributed by atoms with van der Waals surface area (Å²) in [7, 11) is 1.52. The number of carbonyl (C=O) groups excluding carboxylic acids is 1. The monoisotopic (exact) mass is 414 g/mol. The number of methoxy groups -OCH3 is 1. The highest BCUT2D eigenvalue weighted by molar-refractivity contribution is 6.31. The van der Waals surface area contributed by atoms with Crippen LogP contribution in [0.5, 0.6) is 11.5 Å². The number of carbonyl (C=O) groups is 1. The first kappa shape index (κ1) is 20.6. The van der Waals surface area contributed by atoms with E-state index >= 15 is 0 Å². The minimum atomic E-state index is -0.876. The quantitative estimate of drug-likeness (QED) is 0.552. The zero-order chi connectivity index (χ0) is 20.8. The van der Waals surface area contributed by atoms with E-state index in [1.54, 1.807) is 61.7 Å². The number of aromatic nitrogens is 1. The smallest absolute Gasteiger partial charge is 0.269 e. The minimum Gasteiger partial charge on any atom is -0.493 e. The molecule has 0 spiro atoms. The summed E-state index contributed by atoms with van der Waals surface area (Å²) in [6.07, 6.45) is 0.684. The lowest BCUT2D eigenvalue weighted by molar-refractivity contribution is -0.124. The second kappa shape index (κ2) is 9.39. The molecule has 150 valence electrons. The molecular weight excluding hydrogens is 395 g/mol. The second-order valence-electron chi connectivity index (χ2n) is 6.22. The van der Waals surface area contributed by atoms with E-state index in [0.717, 1.165) is 0 Å². The van der Waals surface area contributed by atoms with Gasteiger partial charge in [-0.2, -0.15) is 0 Å². The summed E-state index contributed by atoms with van der Waals surface area (Å²) < 4.78 is 25.4. The normalized spacial score (nSPS) is 11.6. The molecule has 0 fully saturated rings. The number of hydrogen-bond acceptors (Lipinski definition) is 4. The van der Waals surface area contributed by atoms with Crippen LogP contribution in [0.15, 0.2) is 66.9 Å². The Bertz CT molecular complexity index is 965. The van der Waals surface area contributed by atoms with Crippen molar-refractivity contribution in [1.29, 1.82) is 0 Å². The van der Waals surface area contributed by atoms with Crippen LogP contribution in [0.3, 0.4) is 0 Å². The average Bonchev–Trinajstić information content (AvgIpc) is 2.74. The molecule has 1 atom stereocenters. The van der Waals surface area contributed by atoms with E-state index < -0.39 is 17.8 Å². The largest absolute Gasteiger partial charge is 0.493 e. The third-order valence-electron chi connectivity index (χ3n) is 4.29. The van der Waals surface area contributed by atoms with Gasteiger partial charge in [0.15, 0.2) is 17.6 Å². The summed E-state index contributed by atoms with van der Waals surface area (Å²) in [4.78, 5) is 18.8. The molecule has 0 bridgehead atoms. The van der Waals surface area contributed by atoms with Gasteiger partial charge in [-0.05, 0) is 43.3 Å². The highest BCUT2D eigenvalue weighted by atomic mass is 35.5. The lowest BCUT2D eigenvalue weighted by Crippen LogP contribution is -2.41. The van der Waals surface area contributed by atoms with Crippen molar-refractivity contribution in [3.63, 3.8) is 0 Å². The van der Waals surface area contributed by atoms with Gasteiger partial charge in [-0.1, -0.05) is 35.9 Å². The van der Waals surface area contributed by atoms with Gasteiger partial charge in [0.1, 0.15) is 11.6 Å². The molecular formula is C22H20ClFN2O3. The summed E-state index contributed by atoms with van der Waals surface area (Å²) in [6, 6.07) is 16.6. The van der Waals surface area contributed by atoms with Crippen molar-refractivity contribution in [2.75, 3.05) is 12.0 Å². The van der Waals surface area contributed by atoms with Crippen LogP contribution in [0, 0.1) is 5.82 Å². The van der Waals surface area contributed by atoms with Crippen molar-refractivity contribution in [3.8, 4) is 11.5 Å². The minimum absolute atomic E-state index is 0.0824. The van der Waals surface area contributed by atoms with E-state index in [4.69, 9.17) is 21.1 Å². The third-order valence-corrected chi connectivity index (χ3v) is 4.64. The zero-order valence-corrected chi connectivity index (χ0v) is 16.8. The third kappa shape index (κ3) is 4.84. The Kier molecular flexibility index (Phi) is 6.67. The number of halogens is 2. The van der Waals surface area contributed by atoms with Crippen LogP contribution in [-0.4, -0.2) is 24.1 Å². The topological polar surface area (TPSA) is 51.7 Å². The Morgan fingerprint density at radius 1 is 1.10 bits per heavy atom. The van der Waals surface area contributed by atoms with Crippen molar-refractivity contribution in [2.45, 2.75) is 19.6 Å². The Balaban J connectivity index is 1.90. The molecule has 29 heavy (non-hydrogen) atoms. The molecule has 3 rings (SSSR count). The number of para-hydroxylation sites is 2. The van der Waals surface area contributed by atoms with Gasteiger partial charge in [-0.25, -0.2) is 9.37 Å². The predicted octanol–water partition coefficient (Wildman–Crippen LogP) is 4.88. The number of rotatable bonds is 7. The van der Waals surface area contributed by atoms with E-state index in [1.165, 1.54) is 24.1 Å². The molecule has 0 aliphatic carbocycles. The fourth-order valence-electron chi connectivity index (χ4n) is 2.80. The lowest BCUT2D eigenvalue weighted by atomic mass is 10.1. The highest BCUT2D eigenvalue weighted by Crippen LogP contribution is 2.28. The Morgan fingerprint density at radius 2 is 1.83 bits per heavy atom. The first-order valence-electron chi connectivity index (χ1n) is 8.96. The summed E-state index contributed by atoms with van der Waals surface area (Å²) in [5, 5.41) is 0.233. The van der Waals surface area contributed by atoms with Gasteiger partial charge in [-0.15, -0.1) is 0 Å². The van der Waals surface area contributed by atoms with Crippen LogP contribution >= 0.6 is 11.6 Å². The Morgan fingerprint density at radius 3 is 2.48 bits per heavy atom. The summed E-state index contributed by atoms with van der Waals surface area (Å²) in [5.41, 5.74) is 0.206. The number of ether oxygens (including phenoxy) is 2. The maximum Gasteiger partial charge on any atom is 0.269 e. The van der Waals surface area contributed by atoms with Gasteiger partial charge in [0.05, 0.1) is 13.7 Å². The summed E-state index contributed by atoms with van der Waals surface area (Å²) >= 11 is 6.17. The second-order valence-corrected chi connectivity index (χ2v) is 6.63. The predicted molar refractivity (Wildman–Crippen MR) is 110 cm³/mol. The molecule has 3 aromatic rings. The Hall–Kier alpha value is -3.12. The molecule has 0 unspecified atom stereocenters. The van der Waals surface area contributed by atoms with Gasteiger partial charge < -0.3 is 9.47 Å². The van der Waals surface area contributed by atoms with Gasteiger partial charge >= 0.3 is 0 Å². The van der Waals surface area contributed by atoms with E-state index in [-0.39, 0.29) is 17.1 Å². The maximum atomic E-state index is 14.3. The molecule has 2 aromatic carbocycles. The lowest BCUT2D eigenvalue weighted by Gasteiger charge is -2.26. The van der Waals surface area contributed by atoms with E-state index in [1.807, 2.05) is 0 Å². The van der Waals surface area contributed by atoms with Gasteiger partial charge in [0.25, 0.3) is 5.91 Å². The van der Waals surface area contributed by atoms with Crippen LogP contribution in [-0.2, 0) is 11.3 Å². The number of nitrogens with zero attached hydrogens (tertiary/aromatic N) is 2. The van der Waals surface area contributed by atoms with Gasteiger partial charge in [0.2, 0.25) is 0 Å². The van der Waals surface area contributed by atoms with Crippen molar-refractivity contribution < 1.29 is 18.7 Å². The molecule has 0 saturated carbocycles. The van der Waals surface area contributed by atoms with Crippen LogP contribution in [0.1, 0.15) is 12.5 Å². The van der Waals surface area contributed by atoms with Crippen molar-refractivity contribution in [2.24, 2.45) is 0 Å². The number of pyridine rings is 1. The number of benzene rings is 2. The highest BCUT2D eigenvalue weighted by Gasteiger charge is 2.27.